The number of hydrogen-bond donors (Lipinski definition) is 1. The monoisotopic (exact) mass is 392 g/mol. The van der Waals surface area contributed by atoms with Gasteiger partial charge < -0.3 is 14.6 Å². The fourth-order valence-electron chi connectivity index (χ4n) is 3.57. The Hall–Kier alpha value is -3.35. The highest BCUT2D eigenvalue weighted by molar-refractivity contribution is 5.98. The van der Waals surface area contributed by atoms with E-state index in [9.17, 15) is 9.59 Å². The molecule has 0 spiro atoms. The van der Waals surface area contributed by atoms with Gasteiger partial charge in [0.2, 0.25) is 0 Å². The molecule has 0 bridgehead atoms. The van der Waals surface area contributed by atoms with Crippen molar-refractivity contribution in [2.75, 3.05) is 6.54 Å². The number of nitrogens with one attached hydrogen (secondary N) is 1. The number of rotatable bonds is 5. The van der Waals surface area contributed by atoms with Crippen LogP contribution in [0.3, 0.4) is 0 Å². The summed E-state index contributed by atoms with van der Waals surface area (Å²) in [6.07, 6.45) is 0.791. The molecule has 0 fully saturated rings. The summed E-state index contributed by atoms with van der Waals surface area (Å²) in [7, 11) is 0. The topological polar surface area (TPSA) is 80.4 Å². The van der Waals surface area contributed by atoms with E-state index in [1.807, 2.05) is 49.1 Å². The normalized spacial score (nSPS) is 13.9. The van der Waals surface area contributed by atoms with Gasteiger partial charge in [0, 0.05) is 25.7 Å². The van der Waals surface area contributed by atoms with Crippen LogP contribution in [0.1, 0.15) is 50.0 Å². The minimum absolute atomic E-state index is 0.0998. The van der Waals surface area contributed by atoms with E-state index >= 15 is 0 Å². The molecule has 150 valence electrons. The van der Waals surface area contributed by atoms with Gasteiger partial charge in [0.1, 0.15) is 17.2 Å². The minimum atomic E-state index is -0.322. The van der Waals surface area contributed by atoms with Crippen LogP contribution in [0.25, 0.3) is 0 Å². The molecule has 7 heteroatoms. The zero-order chi connectivity index (χ0) is 20.4. The molecule has 1 N–H and O–H groups in total. The van der Waals surface area contributed by atoms with Crippen molar-refractivity contribution in [3.05, 3.63) is 76.5 Å². The van der Waals surface area contributed by atoms with Crippen molar-refractivity contribution in [2.45, 2.75) is 39.9 Å². The molecule has 29 heavy (non-hydrogen) atoms. The van der Waals surface area contributed by atoms with Crippen LogP contribution >= 0.6 is 0 Å². The van der Waals surface area contributed by atoms with Gasteiger partial charge in [-0.3, -0.25) is 14.3 Å². The Morgan fingerprint density at radius 2 is 2.03 bits per heavy atom. The summed E-state index contributed by atoms with van der Waals surface area (Å²) in [6.45, 7) is 5.99. The fourth-order valence-corrected chi connectivity index (χ4v) is 3.57. The van der Waals surface area contributed by atoms with Crippen LogP contribution in [0.2, 0.25) is 0 Å². The van der Waals surface area contributed by atoms with Crippen molar-refractivity contribution in [3.63, 3.8) is 0 Å². The number of nitrogens with zero attached hydrogens (tertiary/aromatic N) is 3. The van der Waals surface area contributed by atoms with Crippen LogP contribution in [0.5, 0.6) is 0 Å². The van der Waals surface area contributed by atoms with Gasteiger partial charge in [-0.15, -0.1) is 0 Å². The van der Waals surface area contributed by atoms with E-state index < -0.39 is 0 Å². The Bertz CT molecular complexity index is 1050. The molecule has 3 heterocycles. The highest BCUT2D eigenvalue weighted by atomic mass is 16.3. The first-order valence-corrected chi connectivity index (χ1v) is 9.76. The summed E-state index contributed by atoms with van der Waals surface area (Å²) in [5.74, 6) is 1.05. The zero-order valence-corrected chi connectivity index (χ0v) is 16.6. The van der Waals surface area contributed by atoms with E-state index in [-0.39, 0.29) is 24.1 Å². The van der Waals surface area contributed by atoms with E-state index in [1.54, 1.807) is 10.7 Å². The highest BCUT2D eigenvalue weighted by Gasteiger charge is 2.26. The van der Waals surface area contributed by atoms with E-state index in [2.05, 4.69) is 16.5 Å². The molecule has 1 aliphatic rings. The molecule has 2 amide bonds. The van der Waals surface area contributed by atoms with Gasteiger partial charge >= 0.3 is 0 Å². The van der Waals surface area contributed by atoms with Gasteiger partial charge in [0.05, 0.1) is 6.54 Å². The van der Waals surface area contributed by atoms with Gasteiger partial charge in [0.15, 0.2) is 5.69 Å². The molecule has 1 aromatic carbocycles. The lowest BCUT2D eigenvalue weighted by Crippen LogP contribution is -2.30. The summed E-state index contributed by atoms with van der Waals surface area (Å²) < 4.78 is 7.11. The predicted molar refractivity (Wildman–Crippen MR) is 107 cm³/mol. The summed E-state index contributed by atoms with van der Waals surface area (Å²) in [6, 6.07) is 13.4. The average molecular weight is 392 g/mol. The van der Waals surface area contributed by atoms with Gasteiger partial charge in [-0.25, -0.2) is 0 Å². The maximum atomic E-state index is 13.1. The number of carbonyl (C=O) groups is 2. The quantitative estimate of drug-likeness (QED) is 0.724. The number of furan rings is 1. The second-order valence-corrected chi connectivity index (χ2v) is 7.40. The van der Waals surface area contributed by atoms with Crippen LogP contribution in [-0.2, 0) is 19.6 Å². The highest BCUT2D eigenvalue weighted by Crippen LogP contribution is 2.17. The first-order valence-electron chi connectivity index (χ1n) is 9.76. The van der Waals surface area contributed by atoms with Crippen molar-refractivity contribution in [2.24, 2.45) is 0 Å². The molecule has 4 rings (SSSR count). The third kappa shape index (κ3) is 4.23. The van der Waals surface area contributed by atoms with Crippen LogP contribution in [-0.4, -0.2) is 33.0 Å². The molecular formula is C22H24N4O3. The maximum absolute atomic E-state index is 13.1. The molecule has 1 aliphatic heterocycles. The SMILES string of the molecule is Cc1cccc(CN2CCCn3nc(C(=O)NCc4ccc(C)o4)cc3C2=O)c1. The van der Waals surface area contributed by atoms with E-state index in [0.29, 0.717) is 31.1 Å². The second-order valence-electron chi connectivity index (χ2n) is 7.40. The molecule has 3 aromatic rings. The Morgan fingerprint density at radius 3 is 2.79 bits per heavy atom. The number of amides is 2. The predicted octanol–water partition coefficient (Wildman–Crippen LogP) is 3.07. The molecule has 0 saturated carbocycles. The zero-order valence-electron chi connectivity index (χ0n) is 16.6. The number of aryl methyl sites for hydroxylation is 3. The van der Waals surface area contributed by atoms with E-state index in [4.69, 9.17) is 4.42 Å². The molecule has 0 radical (unpaired) electrons. The third-order valence-corrected chi connectivity index (χ3v) is 4.99. The van der Waals surface area contributed by atoms with Crippen LogP contribution < -0.4 is 5.32 Å². The summed E-state index contributed by atoms with van der Waals surface area (Å²) in [5.41, 5.74) is 2.96. The lowest BCUT2D eigenvalue weighted by molar-refractivity contribution is 0.0745. The van der Waals surface area contributed by atoms with Gasteiger partial charge in [-0.1, -0.05) is 29.8 Å². The maximum Gasteiger partial charge on any atom is 0.272 e. The Labute approximate surface area is 169 Å². The lowest BCUT2D eigenvalue weighted by Gasteiger charge is -2.20. The first-order chi connectivity index (χ1) is 14.0. The van der Waals surface area contributed by atoms with Crippen molar-refractivity contribution in [1.29, 1.82) is 0 Å². The largest absolute Gasteiger partial charge is 0.465 e. The van der Waals surface area contributed by atoms with E-state index in [1.165, 1.54) is 5.56 Å². The number of aromatic nitrogens is 2. The first kappa shape index (κ1) is 19.0. The molecule has 7 nitrogen and oxygen atoms in total. The van der Waals surface area contributed by atoms with Gasteiger partial charge in [-0.2, -0.15) is 5.10 Å². The van der Waals surface area contributed by atoms with E-state index in [0.717, 1.165) is 17.7 Å². The van der Waals surface area contributed by atoms with Crippen molar-refractivity contribution in [3.8, 4) is 0 Å². The summed E-state index contributed by atoms with van der Waals surface area (Å²) in [5, 5.41) is 7.15. The molecule has 0 aliphatic carbocycles. The Morgan fingerprint density at radius 1 is 1.17 bits per heavy atom. The average Bonchev–Trinajstić information content (AvgIpc) is 3.28. The Balaban J connectivity index is 1.47. The number of benzene rings is 1. The van der Waals surface area contributed by atoms with Crippen LogP contribution in [0, 0.1) is 13.8 Å². The molecule has 0 unspecified atom stereocenters. The molecule has 0 saturated heterocycles. The van der Waals surface area contributed by atoms with Crippen LogP contribution in [0.4, 0.5) is 0 Å². The van der Waals surface area contributed by atoms with Crippen molar-refractivity contribution >= 4 is 11.8 Å². The summed E-state index contributed by atoms with van der Waals surface area (Å²) in [4.78, 5) is 27.4. The van der Waals surface area contributed by atoms with Gasteiger partial charge in [0.25, 0.3) is 11.8 Å². The third-order valence-electron chi connectivity index (χ3n) is 4.99. The second kappa shape index (κ2) is 7.95. The fraction of sp³-hybridized carbons (Fsp3) is 0.318. The summed E-state index contributed by atoms with van der Waals surface area (Å²) >= 11 is 0. The number of hydrogen-bond acceptors (Lipinski definition) is 4. The van der Waals surface area contributed by atoms with Gasteiger partial charge in [-0.05, 0) is 38.0 Å². The van der Waals surface area contributed by atoms with Crippen molar-refractivity contribution in [1.82, 2.24) is 20.0 Å². The van der Waals surface area contributed by atoms with Crippen LogP contribution in [0.15, 0.2) is 46.9 Å². The molecule has 0 atom stereocenters. The number of fused-ring (bicyclic) bond motifs is 1. The lowest BCUT2D eigenvalue weighted by atomic mass is 10.1. The molecule has 2 aromatic heterocycles. The van der Waals surface area contributed by atoms with Crippen molar-refractivity contribution < 1.29 is 14.0 Å². The molecular weight excluding hydrogens is 368 g/mol. The standard InChI is InChI=1S/C22H24N4O3/c1-15-5-3-6-17(11-15)14-25-9-4-10-26-20(22(25)28)12-19(24-26)21(27)23-13-18-8-7-16(2)29-18/h3,5-8,11-12H,4,9-10,13-14H2,1-2H3,(H,23,27). The Kier molecular flexibility index (Phi) is 5.20. The smallest absolute Gasteiger partial charge is 0.272 e. The minimum Gasteiger partial charge on any atom is -0.465 e. The number of carbonyl (C=O) groups excluding carboxylic acids is 2.